The van der Waals surface area contributed by atoms with Crippen molar-refractivity contribution in [3.05, 3.63) is 48.3 Å². The standard InChI is InChI=1S/C16H15FN2O3/c17-12-3-1-2-4-13(12)19-16(20)10-18-11-5-6-14-15(9-11)22-8-7-21-14/h1-6,9,18H,7-8,10H2,(H,19,20). The zero-order chi connectivity index (χ0) is 15.4. The van der Waals surface area contributed by atoms with Crippen molar-refractivity contribution in [2.75, 3.05) is 30.4 Å². The van der Waals surface area contributed by atoms with E-state index < -0.39 is 5.82 Å². The van der Waals surface area contributed by atoms with Crippen LogP contribution in [-0.2, 0) is 4.79 Å². The molecule has 0 aromatic heterocycles. The number of carbonyl (C=O) groups excluding carboxylic acids is 1. The van der Waals surface area contributed by atoms with Crippen LogP contribution in [-0.4, -0.2) is 25.7 Å². The largest absolute Gasteiger partial charge is 0.486 e. The molecule has 0 radical (unpaired) electrons. The van der Waals surface area contributed by atoms with Crippen LogP contribution < -0.4 is 20.1 Å². The summed E-state index contributed by atoms with van der Waals surface area (Å²) in [4.78, 5) is 11.8. The lowest BCUT2D eigenvalue weighted by Crippen LogP contribution is -2.22. The summed E-state index contributed by atoms with van der Waals surface area (Å²) in [5.74, 6) is 0.536. The van der Waals surface area contributed by atoms with Crippen LogP contribution in [0.5, 0.6) is 11.5 Å². The van der Waals surface area contributed by atoms with Crippen molar-refractivity contribution in [2.45, 2.75) is 0 Å². The SMILES string of the molecule is O=C(CNc1ccc2c(c1)OCCO2)Nc1ccccc1F. The fourth-order valence-corrected chi connectivity index (χ4v) is 2.09. The Labute approximate surface area is 127 Å². The third kappa shape index (κ3) is 3.28. The monoisotopic (exact) mass is 302 g/mol. The van der Waals surface area contributed by atoms with Gasteiger partial charge in [-0.15, -0.1) is 0 Å². The summed E-state index contributed by atoms with van der Waals surface area (Å²) in [7, 11) is 0. The van der Waals surface area contributed by atoms with Gasteiger partial charge in [-0.3, -0.25) is 4.79 Å². The number of nitrogens with one attached hydrogen (secondary N) is 2. The molecule has 6 heteroatoms. The number of hydrogen-bond donors (Lipinski definition) is 2. The van der Waals surface area contributed by atoms with Crippen molar-refractivity contribution >= 4 is 17.3 Å². The number of carbonyl (C=O) groups is 1. The molecular weight excluding hydrogens is 287 g/mol. The average molecular weight is 302 g/mol. The highest BCUT2D eigenvalue weighted by molar-refractivity contribution is 5.93. The third-order valence-electron chi connectivity index (χ3n) is 3.14. The van der Waals surface area contributed by atoms with E-state index in [1.165, 1.54) is 12.1 Å². The summed E-state index contributed by atoms with van der Waals surface area (Å²) in [6, 6.07) is 11.4. The Bertz CT molecular complexity index is 691. The summed E-state index contributed by atoms with van der Waals surface area (Å²) in [6.07, 6.45) is 0. The molecule has 114 valence electrons. The fourth-order valence-electron chi connectivity index (χ4n) is 2.09. The highest BCUT2D eigenvalue weighted by Crippen LogP contribution is 2.32. The predicted molar refractivity (Wildman–Crippen MR) is 81.0 cm³/mol. The number of anilines is 2. The maximum absolute atomic E-state index is 13.4. The Kier molecular flexibility index (Phi) is 4.09. The number of hydrogen-bond acceptors (Lipinski definition) is 4. The molecule has 1 aliphatic heterocycles. The molecule has 3 rings (SSSR count). The molecule has 0 bridgehead atoms. The first kappa shape index (κ1) is 14.2. The predicted octanol–water partition coefficient (Wildman–Crippen LogP) is 2.65. The van der Waals surface area contributed by atoms with E-state index in [0.717, 1.165) is 5.69 Å². The van der Waals surface area contributed by atoms with Crippen LogP contribution in [0.2, 0.25) is 0 Å². The molecule has 0 atom stereocenters. The molecule has 2 aromatic rings. The molecule has 1 heterocycles. The highest BCUT2D eigenvalue weighted by Gasteiger charge is 2.12. The van der Waals surface area contributed by atoms with Crippen molar-refractivity contribution in [3.8, 4) is 11.5 Å². The normalized spacial score (nSPS) is 12.6. The molecule has 0 saturated carbocycles. The molecule has 1 aliphatic rings. The number of amides is 1. The number of para-hydroxylation sites is 1. The summed E-state index contributed by atoms with van der Waals surface area (Å²) in [6.45, 7) is 1.06. The van der Waals surface area contributed by atoms with Crippen molar-refractivity contribution in [3.63, 3.8) is 0 Å². The molecular formula is C16H15FN2O3. The second kappa shape index (κ2) is 6.34. The lowest BCUT2D eigenvalue weighted by atomic mass is 10.2. The van der Waals surface area contributed by atoms with Crippen LogP contribution >= 0.6 is 0 Å². The molecule has 0 saturated heterocycles. The van der Waals surface area contributed by atoms with Gasteiger partial charge in [0.05, 0.1) is 12.2 Å². The first-order valence-electron chi connectivity index (χ1n) is 6.90. The number of halogens is 1. The van der Waals surface area contributed by atoms with Crippen molar-refractivity contribution in [2.24, 2.45) is 0 Å². The molecule has 5 nitrogen and oxygen atoms in total. The van der Waals surface area contributed by atoms with Crippen LogP contribution in [0, 0.1) is 5.82 Å². The molecule has 1 amide bonds. The lowest BCUT2D eigenvalue weighted by Gasteiger charge is -2.19. The second-order valence-electron chi connectivity index (χ2n) is 4.74. The van der Waals surface area contributed by atoms with E-state index >= 15 is 0 Å². The van der Waals surface area contributed by atoms with E-state index in [0.29, 0.717) is 24.7 Å². The van der Waals surface area contributed by atoms with Crippen LogP contribution in [0.1, 0.15) is 0 Å². The van der Waals surface area contributed by atoms with E-state index in [4.69, 9.17) is 9.47 Å². The van der Waals surface area contributed by atoms with Gasteiger partial charge in [-0.25, -0.2) is 4.39 Å². The number of benzene rings is 2. The van der Waals surface area contributed by atoms with Crippen LogP contribution in [0.25, 0.3) is 0 Å². The third-order valence-corrected chi connectivity index (χ3v) is 3.14. The molecule has 0 spiro atoms. The van der Waals surface area contributed by atoms with E-state index in [1.807, 2.05) is 0 Å². The number of ether oxygens (including phenoxy) is 2. The molecule has 2 N–H and O–H groups in total. The highest BCUT2D eigenvalue weighted by atomic mass is 19.1. The zero-order valence-electron chi connectivity index (χ0n) is 11.8. The average Bonchev–Trinajstić information content (AvgIpc) is 2.55. The Hall–Kier alpha value is -2.76. The van der Waals surface area contributed by atoms with Gasteiger partial charge in [-0.05, 0) is 24.3 Å². The maximum Gasteiger partial charge on any atom is 0.243 e. The summed E-state index contributed by atoms with van der Waals surface area (Å²) < 4.78 is 24.3. The minimum atomic E-state index is -0.463. The van der Waals surface area contributed by atoms with Crippen molar-refractivity contribution < 1.29 is 18.7 Å². The Morgan fingerprint density at radius 2 is 1.86 bits per heavy atom. The summed E-state index contributed by atoms with van der Waals surface area (Å²) in [5, 5.41) is 5.47. The lowest BCUT2D eigenvalue weighted by molar-refractivity contribution is -0.114. The van der Waals surface area contributed by atoms with Crippen molar-refractivity contribution in [1.29, 1.82) is 0 Å². The Morgan fingerprint density at radius 1 is 1.09 bits per heavy atom. The molecule has 0 aliphatic carbocycles. The first-order valence-corrected chi connectivity index (χ1v) is 6.90. The van der Waals surface area contributed by atoms with Gasteiger partial charge in [0.1, 0.15) is 19.0 Å². The smallest absolute Gasteiger partial charge is 0.243 e. The maximum atomic E-state index is 13.4. The van der Waals surface area contributed by atoms with E-state index in [-0.39, 0.29) is 18.1 Å². The van der Waals surface area contributed by atoms with E-state index in [1.54, 1.807) is 30.3 Å². The topological polar surface area (TPSA) is 59.6 Å². The Balaban J connectivity index is 1.58. The minimum Gasteiger partial charge on any atom is -0.486 e. The van der Waals surface area contributed by atoms with Gasteiger partial charge < -0.3 is 20.1 Å². The molecule has 0 fully saturated rings. The van der Waals surface area contributed by atoms with Gasteiger partial charge in [-0.1, -0.05) is 12.1 Å². The van der Waals surface area contributed by atoms with Gasteiger partial charge in [0, 0.05) is 11.8 Å². The summed E-state index contributed by atoms with van der Waals surface area (Å²) in [5.41, 5.74) is 0.893. The van der Waals surface area contributed by atoms with E-state index in [9.17, 15) is 9.18 Å². The number of fused-ring (bicyclic) bond motifs is 1. The van der Waals surface area contributed by atoms with E-state index in [2.05, 4.69) is 10.6 Å². The quantitative estimate of drug-likeness (QED) is 0.911. The van der Waals surface area contributed by atoms with Crippen LogP contribution in [0.15, 0.2) is 42.5 Å². The van der Waals surface area contributed by atoms with Gasteiger partial charge >= 0.3 is 0 Å². The zero-order valence-corrected chi connectivity index (χ0v) is 11.8. The van der Waals surface area contributed by atoms with Crippen LogP contribution in [0.4, 0.5) is 15.8 Å². The van der Waals surface area contributed by atoms with Gasteiger partial charge in [0.2, 0.25) is 5.91 Å². The Morgan fingerprint density at radius 3 is 2.68 bits per heavy atom. The minimum absolute atomic E-state index is 0.0218. The molecule has 2 aromatic carbocycles. The van der Waals surface area contributed by atoms with Gasteiger partial charge in [-0.2, -0.15) is 0 Å². The number of rotatable bonds is 4. The molecule has 22 heavy (non-hydrogen) atoms. The van der Waals surface area contributed by atoms with Crippen molar-refractivity contribution in [1.82, 2.24) is 0 Å². The fraction of sp³-hybridized carbons (Fsp3) is 0.188. The van der Waals surface area contributed by atoms with Gasteiger partial charge in [0.15, 0.2) is 11.5 Å². The summed E-state index contributed by atoms with van der Waals surface area (Å²) >= 11 is 0. The van der Waals surface area contributed by atoms with Crippen LogP contribution in [0.3, 0.4) is 0 Å². The van der Waals surface area contributed by atoms with Gasteiger partial charge in [0.25, 0.3) is 0 Å². The second-order valence-corrected chi connectivity index (χ2v) is 4.74. The first-order chi connectivity index (χ1) is 10.7. The molecule has 0 unspecified atom stereocenters.